The van der Waals surface area contributed by atoms with Crippen LogP contribution in [0.1, 0.15) is 37.7 Å². The third kappa shape index (κ3) is 5.06. The largest absolute Gasteiger partial charge is 0.468 e. The first-order chi connectivity index (χ1) is 13.0. The summed E-state index contributed by atoms with van der Waals surface area (Å²) in [6.07, 6.45) is 1.57. The summed E-state index contributed by atoms with van der Waals surface area (Å²) in [5.74, 6) is -1.73. The molecule has 8 heteroatoms. The third-order valence-electron chi connectivity index (χ3n) is 4.52. The fourth-order valence-corrected chi connectivity index (χ4v) is 3.18. The molecule has 1 aliphatic rings. The Hall–Kier alpha value is -2.90. The van der Waals surface area contributed by atoms with Gasteiger partial charge in [-0.3, -0.25) is 9.63 Å². The third-order valence-corrected chi connectivity index (χ3v) is 4.52. The Balaban J connectivity index is 2.25. The molecule has 1 aromatic rings. The maximum Gasteiger partial charge on any atom is 0.436 e. The topological polar surface area (TPSA) is 94.5 Å². The molecule has 8 nitrogen and oxygen atoms in total. The summed E-state index contributed by atoms with van der Waals surface area (Å²) < 4.78 is 9.50. The smallest absolute Gasteiger partial charge is 0.436 e. The van der Waals surface area contributed by atoms with E-state index < -0.39 is 30.0 Å². The van der Waals surface area contributed by atoms with Crippen molar-refractivity contribution < 1.29 is 28.7 Å². The van der Waals surface area contributed by atoms with Crippen LogP contribution in [0, 0.1) is 0 Å². The van der Waals surface area contributed by atoms with Crippen LogP contribution in [0.4, 0.5) is 4.79 Å². The van der Waals surface area contributed by atoms with Crippen LogP contribution in [-0.4, -0.2) is 55.4 Å². The highest BCUT2D eigenvalue weighted by molar-refractivity contribution is 6.35. The molecule has 2 atom stereocenters. The molecule has 0 spiro atoms. The molecule has 1 saturated heterocycles. The molecule has 2 unspecified atom stereocenters. The minimum absolute atomic E-state index is 0.0769. The van der Waals surface area contributed by atoms with Gasteiger partial charge in [0.05, 0.1) is 20.3 Å². The highest BCUT2D eigenvalue weighted by atomic mass is 16.7. The second-order valence-corrected chi connectivity index (χ2v) is 6.19. The van der Waals surface area contributed by atoms with Crippen LogP contribution in [0.2, 0.25) is 0 Å². The number of carbonyl (C=O) groups is 3. The first kappa shape index (κ1) is 20.4. The van der Waals surface area contributed by atoms with Gasteiger partial charge in [0.25, 0.3) is 0 Å². The lowest BCUT2D eigenvalue weighted by Gasteiger charge is -2.38. The number of nitrogens with zero attached hydrogens (tertiary/aromatic N) is 2. The molecule has 1 aliphatic heterocycles. The maximum absolute atomic E-state index is 12.6. The highest BCUT2D eigenvalue weighted by Gasteiger charge is 2.39. The number of likely N-dealkylation sites (tertiary alicyclic amines) is 1. The van der Waals surface area contributed by atoms with E-state index >= 15 is 0 Å². The Morgan fingerprint density at radius 1 is 1.11 bits per heavy atom. The summed E-state index contributed by atoms with van der Waals surface area (Å²) in [4.78, 5) is 42.8. The number of hydrogen-bond donors (Lipinski definition) is 0. The van der Waals surface area contributed by atoms with Crippen LogP contribution < -0.4 is 0 Å². The van der Waals surface area contributed by atoms with Gasteiger partial charge in [0, 0.05) is 6.54 Å². The molecule has 0 N–H and O–H groups in total. The Kier molecular flexibility index (Phi) is 7.34. The minimum Gasteiger partial charge on any atom is -0.468 e. The molecule has 0 aromatic heterocycles. The number of oxime groups is 1. The lowest BCUT2D eigenvalue weighted by Crippen LogP contribution is -2.48. The van der Waals surface area contributed by atoms with Gasteiger partial charge < -0.3 is 14.4 Å². The number of amides is 1. The highest BCUT2D eigenvalue weighted by Crippen LogP contribution is 2.32. The van der Waals surface area contributed by atoms with E-state index in [2.05, 4.69) is 9.89 Å². The van der Waals surface area contributed by atoms with Crippen molar-refractivity contribution in [2.75, 3.05) is 20.8 Å². The zero-order valence-electron chi connectivity index (χ0n) is 15.7. The second-order valence-electron chi connectivity index (χ2n) is 6.19. The lowest BCUT2D eigenvalue weighted by molar-refractivity contribution is -0.144. The Labute approximate surface area is 158 Å². The molecule has 1 fully saturated rings. The van der Waals surface area contributed by atoms with E-state index in [9.17, 15) is 14.4 Å². The Morgan fingerprint density at radius 2 is 1.81 bits per heavy atom. The molecule has 0 radical (unpaired) electrons. The van der Waals surface area contributed by atoms with Gasteiger partial charge in [-0.2, -0.15) is 0 Å². The monoisotopic (exact) mass is 376 g/mol. The Bertz CT molecular complexity index is 703. The summed E-state index contributed by atoms with van der Waals surface area (Å²) in [7, 11) is 2.54. The van der Waals surface area contributed by atoms with Gasteiger partial charge in [0.15, 0.2) is 5.71 Å². The summed E-state index contributed by atoms with van der Waals surface area (Å²) in [5, 5.41) is 3.54. The first-order valence-corrected chi connectivity index (χ1v) is 8.73. The van der Waals surface area contributed by atoms with Crippen LogP contribution in [0.25, 0.3) is 0 Å². The van der Waals surface area contributed by atoms with Gasteiger partial charge in [-0.1, -0.05) is 35.5 Å². The first-order valence-electron chi connectivity index (χ1n) is 8.73. The van der Waals surface area contributed by atoms with E-state index in [1.807, 2.05) is 30.3 Å². The number of carbonyl (C=O) groups excluding carboxylic acids is 3. The van der Waals surface area contributed by atoms with E-state index in [4.69, 9.17) is 9.57 Å². The lowest BCUT2D eigenvalue weighted by atomic mass is 9.85. The van der Waals surface area contributed by atoms with Gasteiger partial charge in [-0.05, 0) is 31.7 Å². The van der Waals surface area contributed by atoms with Crippen molar-refractivity contribution in [3.05, 3.63) is 35.9 Å². The molecule has 1 heterocycles. The minimum atomic E-state index is -0.715. The quantitative estimate of drug-likeness (QED) is 0.339. The number of esters is 2. The SMILES string of the molecule is COC(=O)C(C)=NOC(=O)N1CCCCC1C(C(=O)OC)c1ccccc1. The molecule has 0 aliphatic carbocycles. The number of benzene rings is 1. The fourth-order valence-electron chi connectivity index (χ4n) is 3.18. The molecular formula is C19H24N2O6. The number of methoxy groups -OCH3 is 2. The summed E-state index contributed by atoms with van der Waals surface area (Å²) in [6.45, 7) is 1.81. The Morgan fingerprint density at radius 3 is 2.44 bits per heavy atom. The van der Waals surface area contributed by atoms with Crippen molar-refractivity contribution >= 4 is 23.7 Å². The van der Waals surface area contributed by atoms with Crippen molar-refractivity contribution in [1.29, 1.82) is 0 Å². The van der Waals surface area contributed by atoms with Crippen molar-refractivity contribution in [2.45, 2.75) is 38.1 Å². The van der Waals surface area contributed by atoms with Gasteiger partial charge in [-0.25, -0.2) is 9.59 Å². The molecule has 146 valence electrons. The molecule has 0 saturated carbocycles. The molecule has 0 bridgehead atoms. The predicted octanol–water partition coefficient (Wildman–Crippen LogP) is 2.48. The van der Waals surface area contributed by atoms with E-state index in [1.165, 1.54) is 26.0 Å². The van der Waals surface area contributed by atoms with Crippen LogP contribution in [0.15, 0.2) is 35.5 Å². The molecule has 1 aromatic carbocycles. The van der Waals surface area contributed by atoms with Gasteiger partial charge >= 0.3 is 18.0 Å². The molecular weight excluding hydrogens is 352 g/mol. The van der Waals surface area contributed by atoms with E-state index in [1.54, 1.807) is 0 Å². The van der Waals surface area contributed by atoms with Crippen molar-refractivity contribution in [1.82, 2.24) is 4.90 Å². The number of ether oxygens (including phenoxy) is 2. The predicted molar refractivity (Wildman–Crippen MR) is 97.2 cm³/mol. The van der Waals surface area contributed by atoms with Gasteiger partial charge in [-0.15, -0.1) is 0 Å². The van der Waals surface area contributed by atoms with Crippen molar-refractivity contribution in [3.63, 3.8) is 0 Å². The van der Waals surface area contributed by atoms with E-state index in [-0.39, 0.29) is 5.71 Å². The standard InChI is InChI=1S/C19H24N2O6/c1-13(17(22)25-2)20-27-19(24)21-12-8-7-11-15(21)16(18(23)26-3)14-9-5-4-6-10-14/h4-6,9-10,15-16H,7-8,11-12H2,1-3H3. The number of rotatable bonds is 5. The second kappa shape index (κ2) is 9.70. The normalized spacial score (nSPS) is 18.4. The average molecular weight is 376 g/mol. The number of hydrogen-bond acceptors (Lipinski definition) is 7. The maximum atomic E-state index is 12.6. The summed E-state index contributed by atoms with van der Waals surface area (Å²) >= 11 is 0. The van der Waals surface area contributed by atoms with Crippen molar-refractivity contribution in [2.24, 2.45) is 5.16 Å². The van der Waals surface area contributed by atoms with Crippen LogP contribution >= 0.6 is 0 Å². The zero-order valence-corrected chi connectivity index (χ0v) is 15.7. The van der Waals surface area contributed by atoms with E-state index in [0.29, 0.717) is 13.0 Å². The van der Waals surface area contributed by atoms with Gasteiger partial charge in [0.2, 0.25) is 0 Å². The van der Waals surface area contributed by atoms with Crippen LogP contribution in [0.3, 0.4) is 0 Å². The van der Waals surface area contributed by atoms with Crippen LogP contribution in [0.5, 0.6) is 0 Å². The molecule has 1 amide bonds. The summed E-state index contributed by atoms with van der Waals surface area (Å²) in [5.41, 5.74) is 0.690. The van der Waals surface area contributed by atoms with Gasteiger partial charge in [0.1, 0.15) is 5.92 Å². The zero-order chi connectivity index (χ0) is 19.8. The van der Waals surface area contributed by atoms with Crippen LogP contribution in [-0.2, 0) is 23.9 Å². The molecule has 27 heavy (non-hydrogen) atoms. The van der Waals surface area contributed by atoms with Crippen molar-refractivity contribution in [3.8, 4) is 0 Å². The summed E-state index contributed by atoms with van der Waals surface area (Å²) in [6, 6.07) is 8.77. The average Bonchev–Trinajstić information content (AvgIpc) is 2.72. The molecule has 2 rings (SSSR count). The van der Waals surface area contributed by atoms with E-state index in [0.717, 1.165) is 18.4 Å². The fraction of sp³-hybridized carbons (Fsp3) is 0.474. The number of piperidine rings is 1.